The Kier molecular flexibility index (Phi) is 6.36. The van der Waals surface area contributed by atoms with Gasteiger partial charge in [-0.25, -0.2) is 0 Å². The largest absolute Gasteiger partial charge is 0.492 e. The monoisotopic (exact) mass is 338 g/mol. The van der Waals surface area contributed by atoms with E-state index in [2.05, 4.69) is 22.8 Å². The molecule has 2 N–H and O–H groups in total. The van der Waals surface area contributed by atoms with Crippen molar-refractivity contribution in [1.29, 1.82) is 0 Å². The van der Waals surface area contributed by atoms with Gasteiger partial charge in [0.25, 0.3) is 0 Å². The number of benzene rings is 2. The van der Waals surface area contributed by atoms with E-state index >= 15 is 0 Å². The van der Waals surface area contributed by atoms with E-state index in [0.717, 1.165) is 22.8 Å². The quantitative estimate of drug-likeness (QED) is 0.822. The molecular weight excluding hydrogens is 320 g/mol. The average Bonchev–Trinajstić information content (AvgIpc) is 3.06. The minimum absolute atomic E-state index is 0. The molecule has 0 spiro atoms. The van der Waals surface area contributed by atoms with Gasteiger partial charge in [-0.3, -0.25) is 10.1 Å². The highest BCUT2D eigenvalue weighted by atomic mass is 35.5. The number of thioether (sulfide) groups is 1. The zero-order chi connectivity index (χ0) is 14.5. The van der Waals surface area contributed by atoms with Crippen molar-refractivity contribution in [1.82, 2.24) is 10.6 Å². The van der Waals surface area contributed by atoms with Crippen LogP contribution in [-0.2, 0) is 4.79 Å². The average molecular weight is 339 g/mol. The highest BCUT2D eigenvalue weighted by Gasteiger charge is 2.21. The number of rotatable bonds is 5. The summed E-state index contributed by atoms with van der Waals surface area (Å²) < 4.78 is 5.69. The van der Waals surface area contributed by atoms with Gasteiger partial charge in [0.1, 0.15) is 12.4 Å². The van der Waals surface area contributed by atoms with Crippen molar-refractivity contribution in [2.24, 2.45) is 0 Å². The highest BCUT2D eigenvalue weighted by Crippen LogP contribution is 2.20. The van der Waals surface area contributed by atoms with Crippen LogP contribution in [0.2, 0.25) is 0 Å². The summed E-state index contributed by atoms with van der Waals surface area (Å²) in [4.78, 5) is 11.8. The third-order valence-corrected chi connectivity index (χ3v) is 4.36. The van der Waals surface area contributed by atoms with Gasteiger partial charge in [0.2, 0.25) is 5.91 Å². The molecule has 0 bridgehead atoms. The topological polar surface area (TPSA) is 50.4 Å². The Morgan fingerprint density at radius 1 is 1.27 bits per heavy atom. The lowest BCUT2D eigenvalue weighted by molar-refractivity contribution is -0.122. The SMILES string of the molecule is Cl.O=C(NCCOc1ccc2ccccc2c1)C1CSCN1. The second kappa shape index (κ2) is 8.27. The van der Waals surface area contributed by atoms with Crippen LogP contribution in [0.1, 0.15) is 0 Å². The second-order valence-electron chi connectivity index (χ2n) is 4.92. The van der Waals surface area contributed by atoms with Gasteiger partial charge < -0.3 is 10.1 Å². The summed E-state index contributed by atoms with van der Waals surface area (Å²) in [6.07, 6.45) is 0. The Labute approximate surface area is 140 Å². The summed E-state index contributed by atoms with van der Waals surface area (Å²) in [5.74, 6) is 2.59. The molecule has 1 heterocycles. The maximum Gasteiger partial charge on any atom is 0.238 e. The van der Waals surface area contributed by atoms with Gasteiger partial charge in [0.15, 0.2) is 0 Å². The fourth-order valence-electron chi connectivity index (χ4n) is 2.29. The molecule has 2 aromatic rings. The van der Waals surface area contributed by atoms with E-state index in [0.29, 0.717) is 13.2 Å². The van der Waals surface area contributed by atoms with Crippen molar-refractivity contribution >= 4 is 40.8 Å². The molecule has 0 aliphatic carbocycles. The van der Waals surface area contributed by atoms with Crippen molar-refractivity contribution in [3.63, 3.8) is 0 Å². The van der Waals surface area contributed by atoms with E-state index in [9.17, 15) is 4.79 Å². The molecule has 1 aliphatic rings. The Hall–Kier alpha value is -1.43. The zero-order valence-corrected chi connectivity index (χ0v) is 13.7. The molecule has 1 unspecified atom stereocenters. The minimum Gasteiger partial charge on any atom is -0.492 e. The fourth-order valence-corrected chi connectivity index (χ4v) is 3.23. The first-order chi connectivity index (χ1) is 10.3. The van der Waals surface area contributed by atoms with Gasteiger partial charge in [0, 0.05) is 11.6 Å². The molecule has 22 heavy (non-hydrogen) atoms. The Morgan fingerprint density at radius 3 is 2.86 bits per heavy atom. The van der Waals surface area contributed by atoms with Gasteiger partial charge >= 0.3 is 0 Å². The van der Waals surface area contributed by atoms with Crippen LogP contribution in [0.25, 0.3) is 10.8 Å². The summed E-state index contributed by atoms with van der Waals surface area (Å²) >= 11 is 1.74. The summed E-state index contributed by atoms with van der Waals surface area (Å²) in [7, 11) is 0. The molecule has 0 saturated carbocycles. The van der Waals surface area contributed by atoms with Gasteiger partial charge in [-0.1, -0.05) is 30.3 Å². The number of amides is 1. The van der Waals surface area contributed by atoms with Crippen LogP contribution < -0.4 is 15.4 Å². The molecule has 1 fully saturated rings. The number of halogens is 1. The Balaban J connectivity index is 0.00000176. The Bertz CT molecular complexity index is 632. The molecule has 0 radical (unpaired) electrons. The summed E-state index contributed by atoms with van der Waals surface area (Å²) in [6, 6.07) is 14.1. The van der Waals surface area contributed by atoms with E-state index in [1.807, 2.05) is 30.3 Å². The molecule has 4 nitrogen and oxygen atoms in total. The van der Waals surface area contributed by atoms with Crippen LogP contribution in [-0.4, -0.2) is 36.7 Å². The molecule has 1 saturated heterocycles. The van der Waals surface area contributed by atoms with Crippen molar-refractivity contribution in [2.45, 2.75) is 6.04 Å². The molecular formula is C16H19ClN2O2S. The number of carbonyl (C=O) groups excluding carboxylic acids is 1. The number of hydrogen-bond donors (Lipinski definition) is 2. The van der Waals surface area contributed by atoms with E-state index in [4.69, 9.17) is 4.74 Å². The first-order valence-electron chi connectivity index (χ1n) is 7.03. The number of carbonyl (C=O) groups is 1. The number of nitrogens with one attached hydrogen (secondary N) is 2. The van der Waals surface area contributed by atoms with Crippen LogP contribution in [0.15, 0.2) is 42.5 Å². The predicted octanol–water partition coefficient (Wildman–Crippen LogP) is 2.42. The first-order valence-corrected chi connectivity index (χ1v) is 8.19. The number of hydrogen-bond acceptors (Lipinski definition) is 4. The van der Waals surface area contributed by atoms with Crippen molar-refractivity contribution in [3.8, 4) is 5.75 Å². The third kappa shape index (κ3) is 4.29. The van der Waals surface area contributed by atoms with Crippen molar-refractivity contribution in [2.75, 3.05) is 24.8 Å². The van der Waals surface area contributed by atoms with Crippen LogP contribution in [0, 0.1) is 0 Å². The first kappa shape index (κ1) is 16.9. The molecule has 1 amide bonds. The lowest BCUT2D eigenvalue weighted by Gasteiger charge is -2.11. The van der Waals surface area contributed by atoms with Gasteiger partial charge in [-0.15, -0.1) is 24.2 Å². The number of fused-ring (bicyclic) bond motifs is 1. The molecule has 118 valence electrons. The zero-order valence-electron chi connectivity index (χ0n) is 12.1. The second-order valence-corrected chi connectivity index (χ2v) is 5.95. The highest BCUT2D eigenvalue weighted by molar-refractivity contribution is 7.99. The maximum atomic E-state index is 11.8. The van der Waals surface area contributed by atoms with Crippen molar-refractivity contribution < 1.29 is 9.53 Å². The molecule has 2 aromatic carbocycles. The lowest BCUT2D eigenvalue weighted by Crippen LogP contribution is -2.43. The predicted molar refractivity (Wildman–Crippen MR) is 93.9 cm³/mol. The smallest absolute Gasteiger partial charge is 0.238 e. The van der Waals surface area contributed by atoms with Crippen LogP contribution >= 0.6 is 24.2 Å². The van der Waals surface area contributed by atoms with E-state index in [-0.39, 0.29) is 24.4 Å². The molecule has 1 atom stereocenters. The minimum atomic E-state index is -0.0596. The molecule has 6 heteroatoms. The lowest BCUT2D eigenvalue weighted by atomic mass is 10.1. The summed E-state index contributed by atoms with van der Waals surface area (Å²) in [5, 5.41) is 8.39. The fraction of sp³-hybridized carbons (Fsp3) is 0.312. The maximum absolute atomic E-state index is 11.8. The van der Waals surface area contributed by atoms with Gasteiger partial charge in [-0.05, 0) is 22.9 Å². The van der Waals surface area contributed by atoms with E-state index < -0.39 is 0 Å². The van der Waals surface area contributed by atoms with E-state index in [1.165, 1.54) is 5.39 Å². The normalized spacial score (nSPS) is 17.0. The van der Waals surface area contributed by atoms with Gasteiger partial charge in [-0.2, -0.15) is 0 Å². The van der Waals surface area contributed by atoms with Crippen LogP contribution in [0.5, 0.6) is 5.75 Å². The number of ether oxygens (including phenoxy) is 1. The van der Waals surface area contributed by atoms with E-state index in [1.54, 1.807) is 11.8 Å². The molecule has 3 rings (SSSR count). The standard InChI is InChI=1S/C16H18N2O2S.ClH/c19-16(15-10-21-11-18-15)17-7-8-20-14-6-5-12-3-1-2-4-13(12)9-14;/h1-6,9,15,18H,7-8,10-11H2,(H,17,19);1H. The Morgan fingerprint density at radius 2 is 2.09 bits per heavy atom. The van der Waals surface area contributed by atoms with Gasteiger partial charge in [0.05, 0.1) is 12.6 Å². The van der Waals surface area contributed by atoms with Crippen LogP contribution in [0.4, 0.5) is 0 Å². The third-order valence-electron chi connectivity index (χ3n) is 3.42. The summed E-state index contributed by atoms with van der Waals surface area (Å²) in [5.41, 5.74) is 0. The van der Waals surface area contributed by atoms with Crippen LogP contribution in [0.3, 0.4) is 0 Å². The molecule has 0 aromatic heterocycles. The molecule has 1 aliphatic heterocycles. The summed E-state index contributed by atoms with van der Waals surface area (Å²) in [6.45, 7) is 0.998. The van der Waals surface area contributed by atoms with Crippen molar-refractivity contribution in [3.05, 3.63) is 42.5 Å².